The van der Waals surface area contributed by atoms with Gasteiger partial charge in [0, 0.05) is 11.3 Å². The Bertz CT molecular complexity index is 1670. The summed E-state index contributed by atoms with van der Waals surface area (Å²) >= 11 is 0. The highest BCUT2D eigenvalue weighted by Gasteiger charge is 2.47. The van der Waals surface area contributed by atoms with Gasteiger partial charge >= 0.3 is 0 Å². The molecule has 0 aliphatic carbocycles. The smallest absolute Gasteiger partial charge is 0.300 e. The number of amides is 1. The number of carbonyl (C=O) groups is 2. The Morgan fingerprint density at radius 3 is 2.29 bits per heavy atom. The number of hydrogen-bond donors (Lipinski definition) is 1. The number of anilines is 1. The van der Waals surface area contributed by atoms with E-state index in [0.29, 0.717) is 47.1 Å². The van der Waals surface area contributed by atoms with E-state index in [1.54, 1.807) is 66.7 Å². The van der Waals surface area contributed by atoms with E-state index in [2.05, 4.69) is 6.07 Å². The van der Waals surface area contributed by atoms with Gasteiger partial charge in [-0.05, 0) is 84.6 Å². The van der Waals surface area contributed by atoms with Crippen molar-refractivity contribution in [1.29, 1.82) is 5.26 Å². The van der Waals surface area contributed by atoms with Crippen LogP contribution in [0.4, 0.5) is 5.69 Å². The summed E-state index contributed by atoms with van der Waals surface area (Å²) in [7, 11) is 0. The number of rotatable bonds is 9. The number of nitrogens with zero attached hydrogens (tertiary/aromatic N) is 2. The summed E-state index contributed by atoms with van der Waals surface area (Å²) in [4.78, 5) is 28.3. The first kappa shape index (κ1) is 28.2. The Labute approximate surface area is 244 Å². The van der Waals surface area contributed by atoms with Gasteiger partial charge in [0.25, 0.3) is 11.7 Å². The Morgan fingerprint density at radius 1 is 0.929 bits per heavy atom. The van der Waals surface area contributed by atoms with Crippen LogP contribution < -0.4 is 14.4 Å². The summed E-state index contributed by atoms with van der Waals surface area (Å²) in [5.41, 5.74) is 3.66. The van der Waals surface area contributed by atoms with Gasteiger partial charge in [0.1, 0.15) is 23.9 Å². The molecule has 4 aromatic rings. The van der Waals surface area contributed by atoms with E-state index in [-0.39, 0.29) is 11.3 Å². The van der Waals surface area contributed by atoms with Crippen molar-refractivity contribution in [3.8, 4) is 17.6 Å². The van der Waals surface area contributed by atoms with Crippen molar-refractivity contribution in [2.45, 2.75) is 32.9 Å². The minimum Gasteiger partial charge on any atom is -0.507 e. The molecule has 0 bridgehead atoms. The predicted molar refractivity (Wildman–Crippen MR) is 160 cm³/mol. The molecule has 1 saturated heterocycles. The monoisotopic (exact) mass is 558 g/mol. The number of hydrogen-bond acceptors (Lipinski definition) is 6. The molecule has 1 heterocycles. The van der Waals surface area contributed by atoms with Gasteiger partial charge in [-0.3, -0.25) is 14.5 Å². The minimum atomic E-state index is -0.896. The van der Waals surface area contributed by atoms with Gasteiger partial charge in [-0.25, -0.2) is 0 Å². The van der Waals surface area contributed by atoms with Gasteiger partial charge in [-0.1, -0.05) is 49.4 Å². The summed E-state index contributed by atoms with van der Waals surface area (Å²) in [6.45, 7) is 4.83. The zero-order chi connectivity index (χ0) is 29.6. The fourth-order valence-corrected chi connectivity index (χ4v) is 4.93. The van der Waals surface area contributed by atoms with Gasteiger partial charge in [-0.2, -0.15) is 5.26 Å². The molecule has 1 fully saturated rings. The van der Waals surface area contributed by atoms with Crippen LogP contribution in [0.1, 0.15) is 47.2 Å². The number of aryl methyl sites for hydroxylation is 1. The van der Waals surface area contributed by atoms with E-state index < -0.39 is 17.7 Å². The van der Waals surface area contributed by atoms with Crippen LogP contribution in [0.15, 0.2) is 103 Å². The highest BCUT2D eigenvalue weighted by Crippen LogP contribution is 2.43. The number of aliphatic hydroxyl groups is 1. The first-order valence-corrected chi connectivity index (χ1v) is 13.7. The molecule has 7 heteroatoms. The lowest BCUT2D eigenvalue weighted by atomic mass is 9.94. The topological polar surface area (TPSA) is 99.9 Å². The second kappa shape index (κ2) is 12.4. The molecule has 1 aliphatic rings. The molecule has 5 rings (SSSR count). The summed E-state index contributed by atoms with van der Waals surface area (Å²) in [6.07, 6.45) is 0.857. The lowest BCUT2D eigenvalue weighted by molar-refractivity contribution is -0.132. The Balaban J connectivity index is 1.54. The van der Waals surface area contributed by atoms with E-state index in [4.69, 9.17) is 9.47 Å². The van der Waals surface area contributed by atoms with Gasteiger partial charge < -0.3 is 14.6 Å². The van der Waals surface area contributed by atoms with Crippen molar-refractivity contribution < 1.29 is 24.2 Å². The number of ether oxygens (including phenoxy) is 2. The van der Waals surface area contributed by atoms with Crippen LogP contribution in [0, 0.1) is 18.3 Å². The van der Waals surface area contributed by atoms with Crippen LogP contribution in [0.25, 0.3) is 5.76 Å². The number of carbonyl (C=O) groups excluding carboxylic acids is 2. The summed E-state index contributed by atoms with van der Waals surface area (Å²) in [6, 6.07) is 29.7. The molecule has 1 aliphatic heterocycles. The lowest BCUT2D eigenvalue weighted by Gasteiger charge is -2.25. The SMILES string of the molecule is CCCOc1ccc(C2/C(=C(/O)c3ccc(OCc4ccccc4)c(C)c3)C(=O)C(=O)N2c2ccc(C#N)cc2)cc1. The Kier molecular flexibility index (Phi) is 8.35. The molecule has 1 unspecified atom stereocenters. The molecule has 1 atom stereocenters. The zero-order valence-corrected chi connectivity index (χ0v) is 23.4. The third kappa shape index (κ3) is 5.74. The van der Waals surface area contributed by atoms with E-state index >= 15 is 0 Å². The highest BCUT2D eigenvalue weighted by atomic mass is 16.5. The summed E-state index contributed by atoms with van der Waals surface area (Å²) < 4.78 is 11.7. The van der Waals surface area contributed by atoms with Crippen molar-refractivity contribution in [2.24, 2.45) is 0 Å². The van der Waals surface area contributed by atoms with Gasteiger partial charge in [0.15, 0.2) is 0 Å². The quantitative estimate of drug-likeness (QED) is 0.137. The Morgan fingerprint density at radius 2 is 1.64 bits per heavy atom. The second-order valence-corrected chi connectivity index (χ2v) is 10.00. The van der Waals surface area contributed by atoms with Crippen LogP contribution in [-0.2, 0) is 16.2 Å². The Hall–Kier alpha value is -5.35. The van der Waals surface area contributed by atoms with Crippen molar-refractivity contribution >= 4 is 23.1 Å². The maximum atomic E-state index is 13.5. The molecule has 0 aromatic heterocycles. The molecule has 42 heavy (non-hydrogen) atoms. The van der Waals surface area contributed by atoms with Crippen LogP contribution in [0.3, 0.4) is 0 Å². The molecule has 1 N–H and O–H groups in total. The van der Waals surface area contributed by atoms with Crippen LogP contribution in [-0.4, -0.2) is 23.4 Å². The molecule has 0 spiro atoms. The number of nitriles is 1. The van der Waals surface area contributed by atoms with Crippen LogP contribution in [0.5, 0.6) is 11.5 Å². The van der Waals surface area contributed by atoms with Crippen LogP contribution >= 0.6 is 0 Å². The largest absolute Gasteiger partial charge is 0.507 e. The molecule has 4 aromatic carbocycles. The van der Waals surface area contributed by atoms with Crippen molar-refractivity contribution in [3.63, 3.8) is 0 Å². The van der Waals surface area contributed by atoms with Gasteiger partial charge in [0.05, 0.1) is 29.9 Å². The number of Topliss-reactive ketones (excluding diaryl/α,β-unsaturated/α-hetero) is 1. The fraction of sp³-hybridized carbons (Fsp3) is 0.171. The zero-order valence-electron chi connectivity index (χ0n) is 23.4. The standard InChI is InChI=1S/C35H30N2O5/c1-3-19-41-29-16-11-26(12-17-29)32-31(34(39)35(40)37(32)28-14-9-24(21-36)10-15-28)33(38)27-13-18-30(23(2)20-27)42-22-25-7-5-4-6-8-25/h4-18,20,32,38H,3,19,22H2,1-2H3/b33-31-. The van der Waals surface area contributed by atoms with E-state index in [0.717, 1.165) is 17.5 Å². The maximum absolute atomic E-state index is 13.5. The predicted octanol–water partition coefficient (Wildman–Crippen LogP) is 6.86. The molecule has 0 saturated carbocycles. The second-order valence-electron chi connectivity index (χ2n) is 10.00. The maximum Gasteiger partial charge on any atom is 0.300 e. The minimum absolute atomic E-state index is 0.0241. The average Bonchev–Trinajstić information content (AvgIpc) is 3.29. The van der Waals surface area contributed by atoms with Crippen molar-refractivity contribution in [1.82, 2.24) is 0 Å². The normalized spacial score (nSPS) is 15.8. The van der Waals surface area contributed by atoms with E-state index in [1.165, 1.54) is 4.90 Å². The van der Waals surface area contributed by atoms with Crippen LogP contribution in [0.2, 0.25) is 0 Å². The number of benzene rings is 4. The summed E-state index contributed by atoms with van der Waals surface area (Å²) in [5, 5.41) is 20.8. The van der Waals surface area contributed by atoms with E-state index in [1.807, 2.05) is 44.2 Å². The molecule has 7 nitrogen and oxygen atoms in total. The fourth-order valence-electron chi connectivity index (χ4n) is 4.93. The molecule has 210 valence electrons. The highest BCUT2D eigenvalue weighted by molar-refractivity contribution is 6.51. The molecule has 0 radical (unpaired) electrons. The number of aliphatic hydroxyl groups excluding tert-OH is 1. The first-order valence-electron chi connectivity index (χ1n) is 13.7. The number of ketones is 1. The van der Waals surface area contributed by atoms with Gasteiger partial charge in [-0.15, -0.1) is 0 Å². The first-order chi connectivity index (χ1) is 20.4. The lowest BCUT2D eigenvalue weighted by Crippen LogP contribution is -2.29. The van der Waals surface area contributed by atoms with Crippen molar-refractivity contribution in [2.75, 3.05) is 11.5 Å². The third-order valence-electron chi connectivity index (χ3n) is 7.07. The molecule has 1 amide bonds. The summed E-state index contributed by atoms with van der Waals surface area (Å²) in [5.74, 6) is -0.531. The molecular formula is C35H30N2O5. The van der Waals surface area contributed by atoms with E-state index in [9.17, 15) is 20.0 Å². The van der Waals surface area contributed by atoms with Gasteiger partial charge in [0.2, 0.25) is 0 Å². The van der Waals surface area contributed by atoms with Crippen molar-refractivity contribution in [3.05, 3.63) is 130 Å². The third-order valence-corrected chi connectivity index (χ3v) is 7.07. The molecular weight excluding hydrogens is 528 g/mol. The average molecular weight is 559 g/mol.